The highest BCUT2D eigenvalue weighted by atomic mass is 35.5. The number of rotatable bonds is 2. The van der Waals surface area contributed by atoms with Gasteiger partial charge in [-0.25, -0.2) is 0 Å². The number of aromatic nitrogens is 2. The first-order valence-electron chi connectivity index (χ1n) is 6.96. The molecule has 0 saturated carbocycles. The average Bonchev–Trinajstić information content (AvgIpc) is 3.18. The molecule has 0 radical (unpaired) electrons. The predicted molar refractivity (Wildman–Crippen MR) is 87.5 cm³/mol. The Morgan fingerprint density at radius 1 is 1.13 bits per heavy atom. The first kappa shape index (κ1) is 13.8. The summed E-state index contributed by atoms with van der Waals surface area (Å²) in [6.45, 7) is 1.80. The number of nitrogens with one attached hydrogen (secondary N) is 1. The molecule has 23 heavy (non-hydrogen) atoms. The number of nitrogens with zero attached hydrogens (tertiary/aromatic N) is 1. The highest BCUT2D eigenvalue weighted by Crippen LogP contribution is 2.36. The number of pyridine rings is 1. The van der Waals surface area contributed by atoms with Crippen LogP contribution in [0.2, 0.25) is 5.02 Å². The normalized spacial score (nSPS) is 11.2. The summed E-state index contributed by atoms with van der Waals surface area (Å²) >= 11 is 6.14. The van der Waals surface area contributed by atoms with E-state index in [4.69, 9.17) is 20.5 Å². The summed E-state index contributed by atoms with van der Waals surface area (Å²) in [4.78, 5) is 15.5. The molecule has 0 amide bonds. The zero-order valence-corrected chi connectivity index (χ0v) is 12.8. The predicted octanol–water partition coefficient (Wildman–Crippen LogP) is 4.40. The lowest BCUT2D eigenvalue weighted by Gasteiger charge is -2.09. The van der Waals surface area contributed by atoms with Crippen molar-refractivity contribution in [2.45, 2.75) is 6.92 Å². The molecule has 0 fully saturated rings. The van der Waals surface area contributed by atoms with Crippen molar-refractivity contribution in [2.75, 3.05) is 0 Å². The van der Waals surface area contributed by atoms with Crippen molar-refractivity contribution in [1.82, 2.24) is 10.1 Å². The number of benzene rings is 1. The molecule has 3 heterocycles. The Hall–Kier alpha value is -2.79. The highest BCUT2D eigenvalue weighted by molar-refractivity contribution is 6.31. The van der Waals surface area contributed by atoms with Crippen molar-refractivity contribution in [3.63, 3.8) is 0 Å². The van der Waals surface area contributed by atoms with Crippen LogP contribution >= 0.6 is 11.6 Å². The maximum Gasteiger partial charge on any atom is 0.260 e. The molecule has 0 unspecified atom stereocenters. The van der Waals surface area contributed by atoms with Crippen LogP contribution in [0.1, 0.15) is 5.69 Å². The van der Waals surface area contributed by atoms with E-state index in [0.29, 0.717) is 38.9 Å². The van der Waals surface area contributed by atoms with Gasteiger partial charge in [0.25, 0.3) is 5.56 Å². The Kier molecular flexibility index (Phi) is 3.09. The summed E-state index contributed by atoms with van der Waals surface area (Å²) in [6, 6.07) is 10.6. The van der Waals surface area contributed by atoms with E-state index in [-0.39, 0.29) is 5.56 Å². The molecule has 0 saturated heterocycles. The minimum absolute atomic E-state index is 0.276. The lowest BCUT2D eigenvalue weighted by molar-refractivity contribution is 0.426. The second kappa shape index (κ2) is 5.14. The van der Waals surface area contributed by atoms with E-state index >= 15 is 0 Å². The van der Waals surface area contributed by atoms with Gasteiger partial charge in [0.05, 0.1) is 17.5 Å². The van der Waals surface area contributed by atoms with Crippen LogP contribution in [0, 0.1) is 6.92 Å². The third kappa shape index (κ3) is 2.26. The average molecular weight is 327 g/mol. The smallest absolute Gasteiger partial charge is 0.260 e. The third-order valence-electron chi connectivity index (χ3n) is 3.62. The second-order valence-corrected chi connectivity index (χ2v) is 5.64. The minimum atomic E-state index is -0.276. The monoisotopic (exact) mass is 326 g/mol. The summed E-state index contributed by atoms with van der Waals surface area (Å²) in [5, 5.41) is 5.21. The van der Waals surface area contributed by atoms with Gasteiger partial charge in [0.2, 0.25) is 0 Å². The van der Waals surface area contributed by atoms with Gasteiger partial charge in [0.1, 0.15) is 5.76 Å². The maximum absolute atomic E-state index is 12.6. The fourth-order valence-electron chi connectivity index (χ4n) is 2.66. The zero-order chi connectivity index (χ0) is 16.0. The molecule has 1 N–H and O–H groups in total. The Labute approximate surface area is 135 Å². The Morgan fingerprint density at radius 3 is 2.70 bits per heavy atom. The van der Waals surface area contributed by atoms with Gasteiger partial charge in [-0.05, 0) is 37.3 Å². The van der Waals surface area contributed by atoms with E-state index in [1.165, 1.54) is 0 Å². The van der Waals surface area contributed by atoms with Crippen LogP contribution in [-0.4, -0.2) is 10.1 Å². The number of aryl methyl sites for hydroxylation is 1. The van der Waals surface area contributed by atoms with Crippen molar-refractivity contribution >= 4 is 22.5 Å². The molecule has 4 aromatic rings. The fraction of sp³-hybridized carbons (Fsp3) is 0.0588. The SMILES string of the molecule is Cc1cc(-c2c(-c3ccco3)c3cc(Cl)ccc3[nH]c2=O)on1. The van der Waals surface area contributed by atoms with Gasteiger partial charge in [0.15, 0.2) is 5.76 Å². The van der Waals surface area contributed by atoms with Gasteiger partial charge < -0.3 is 13.9 Å². The van der Waals surface area contributed by atoms with Crippen molar-refractivity contribution in [2.24, 2.45) is 0 Å². The number of hydrogen-bond donors (Lipinski definition) is 1. The Balaban J connectivity index is 2.19. The summed E-state index contributed by atoms with van der Waals surface area (Å²) in [6.07, 6.45) is 1.56. The standard InChI is InChI=1S/C17H11ClN2O3/c1-9-7-14(23-20-9)16-15(13-3-2-6-22-13)11-8-10(18)4-5-12(11)19-17(16)21/h2-8H,1H3,(H,19,21). The number of furan rings is 1. The molecule has 0 spiro atoms. The van der Waals surface area contributed by atoms with Gasteiger partial charge >= 0.3 is 0 Å². The second-order valence-electron chi connectivity index (χ2n) is 5.20. The van der Waals surface area contributed by atoms with E-state index in [0.717, 1.165) is 5.39 Å². The molecule has 0 aliphatic heterocycles. The lowest BCUT2D eigenvalue weighted by Crippen LogP contribution is -2.10. The van der Waals surface area contributed by atoms with E-state index in [1.807, 2.05) is 0 Å². The molecule has 4 rings (SSSR count). The molecule has 0 aliphatic carbocycles. The molecule has 3 aromatic heterocycles. The minimum Gasteiger partial charge on any atom is -0.464 e. The third-order valence-corrected chi connectivity index (χ3v) is 3.85. The van der Waals surface area contributed by atoms with Gasteiger partial charge in [-0.1, -0.05) is 16.8 Å². The number of H-pyrrole nitrogens is 1. The van der Waals surface area contributed by atoms with Crippen LogP contribution in [0.4, 0.5) is 0 Å². The van der Waals surface area contributed by atoms with E-state index < -0.39 is 0 Å². The molecular weight excluding hydrogens is 316 g/mol. The van der Waals surface area contributed by atoms with Crippen LogP contribution in [0.3, 0.4) is 0 Å². The molecule has 0 bridgehead atoms. The van der Waals surface area contributed by atoms with E-state index in [1.54, 1.807) is 49.6 Å². The van der Waals surface area contributed by atoms with Crippen molar-refractivity contribution in [1.29, 1.82) is 0 Å². The van der Waals surface area contributed by atoms with Gasteiger partial charge in [-0.15, -0.1) is 0 Å². The van der Waals surface area contributed by atoms with Crippen LogP contribution in [0.5, 0.6) is 0 Å². The van der Waals surface area contributed by atoms with E-state index in [9.17, 15) is 4.79 Å². The summed E-state index contributed by atoms with van der Waals surface area (Å²) in [5.74, 6) is 0.949. The number of hydrogen-bond acceptors (Lipinski definition) is 4. The first-order chi connectivity index (χ1) is 11.1. The number of aromatic amines is 1. The van der Waals surface area contributed by atoms with Crippen molar-refractivity contribution in [3.8, 4) is 22.6 Å². The first-order valence-corrected chi connectivity index (χ1v) is 7.34. The molecular formula is C17H11ClN2O3. The molecule has 6 heteroatoms. The Bertz CT molecular complexity index is 1060. The van der Waals surface area contributed by atoms with Crippen LogP contribution < -0.4 is 5.56 Å². The fourth-order valence-corrected chi connectivity index (χ4v) is 2.83. The van der Waals surface area contributed by atoms with Gasteiger partial charge in [0, 0.05) is 27.6 Å². The van der Waals surface area contributed by atoms with Crippen LogP contribution in [0.25, 0.3) is 33.6 Å². The van der Waals surface area contributed by atoms with Gasteiger partial charge in [-0.3, -0.25) is 4.79 Å². The molecule has 0 atom stereocenters. The van der Waals surface area contributed by atoms with Crippen LogP contribution in [0.15, 0.2) is 56.4 Å². The van der Waals surface area contributed by atoms with Crippen LogP contribution in [-0.2, 0) is 0 Å². The zero-order valence-electron chi connectivity index (χ0n) is 12.1. The highest BCUT2D eigenvalue weighted by Gasteiger charge is 2.21. The summed E-state index contributed by atoms with van der Waals surface area (Å²) in [7, 11) is 0. The number of fused-ring (bicyclic) bond motifs is 1. The quantitative estimate of drug-likeness (QED) is 0.592. The van der Waals surface area contributed by atoms with Gasteiger partial charge in [-0.2, -0.15) is 0 Å². The summed E-state index contributed by atoms with van der Waals surface area (Å²) < 4.78 is 10.8. The number of halogens is 1. The topological polar surface area (TPSA) is 72.0 Å². The molecule has 1 aromatic carbocycles. The van der Waals surface area contributed by atoms with E-state index in [2.05, 4.69) is 10.1 Å². The Morgan fingerprint density at radius 2 is 2.00 bits per heavy atom. The van der Waals surface area contributed by atoms with Crippen molar-refractivity contribution < 1.29 is 8.94 Å². The van der Waals surface area contributed by atoms with Crippen molar-refractivity contribution in [3.05, 3.63) is 63.7 Å². The summed E-state index contributed by atoms with van der Waals surface area (Å²) in [5.41, 5.74) is 2.09. The largest absolute Gasteiger partial charge is 0.464 e. The maximum atomic E-state index is 12.6. The lowest BCUT2D eigenvalue weighted by atomic mass is 9.99. The molecule has 0 aliphatic rings. The molecule has 114 valence electrons. The molecule has 5 nitrogen and oxygen atoms in total.